The lowest BCUT2D eigenvalue weighted by molar-refractivity contribution is -0.127. The molecule has 0 aliphatic rings. The highest BCUT2D eigenvalue weighted by atomic mass is 35.5. The zero-order valence-corrected chi connectivity index (χ0v) is 11.0. The molecule has 0 aliphatic heterocycles. The minimum atomic E-state index is -0.506. The van der Waals surface area contributed by atoms with Crippen LogP contribution in [-0.4, -0.2) is 18.0 Å². The summed E-state index contributed by atoms with van der Waals surface area (Å²) in [5.41, 5.74) is 0.260. The zero-order chi connectivity index (χ0) is 13.1. The summed E-state index contributed by atoms with van der Waals surface area (Å²) < 4.78 is 18.5. The van der Waals surface area contributed by atoms with Crippen LogP contribution >= 0.6 is 11.6 Å². The van der Waals surface area contributed by atoms with Gasteiger partial charge in [-0.25, -0.2) is 4.39 Å². The van der Waals surface area contributed by atoms with Crippen LogP contribution < -0.4 is 0 Å². The number of hydrogen-bond donors (Lipinski definition) is 0. The first-order chi connectivity index (χ1) is 7.78. The van der Waals surface area contributed by atoms with Crippen molar-refractivity contribution in [2.75, 3.05) is 6.61 Å². The van der Waals surface area contributed by atoms with Crippen LogP contribution in [0.25, 0.3) is 0 Å². The molecule has 0 saturated heterocycles. The minimum absolute atomic E-state index is 0.0355. The number of ketones is 1. The fourth-order valence-electron chi connectivity index (χ4n) is 1.23. The Morgan fingerprint density at radius 2 is 2.06 bits per heavy atom. The van der Waals surface area contributed by atoms with Crippen LogP contribution in [0.15, 0.2) is 18.2 Å². The van der Waals surface area contributed by atoms with Crippen LogP contribution in [0.3, 0.4) is 0 Å². The number of benzene rings is 1. The normalized spacial score (nSPS) is 11.6. The van der Waals surface area contributed by atoms with Gasteiger partial charge in [-0.2, -0.15) is 0 Å². The van der Waals surface area contributed by atoms with Crippen LogP contribution in [0.2, 0.25) is 5.02 Å². The minimum Gasteiger partial charge on any atom is -0.368 e. The van der Waals surface area contributed by atoms with Gasteiger partial charge in [0.25, 0.3) is 0 Å². The fourth-order valence-corrected chi connectivity index (χ4v) is 1.34. The molecule has 0 N–H and O–H groups in total. The molecule has 1 aromatic carbocycles. The average molecular weight is 259 g/mol. The van der Waals surface area contributed by atoms with Crippen LogP contribution in [-0.2, 0) is 16.0 Å². The molecule has 4 heteroatoms. The number of halogens is 2. The van der Waals surface area contributed by atoms with Gasteiger partial charge in [-0.15, -0.1) is 0 Å². The number of rotatable bonds is 4. The van der Waals surface area contributed by atoms with Gasteiger partial charge < -0.3 is 4.74 Å². The Labute approximate surface area is 106 Å². The molecule has 0 fully saturated rings. The van der Waals surface area contributed by atoms with Crippen molar-refractivity contribution < 1.29 is 13.9 Å². The van der Waals surface area contributed by atoms with E-state index in [4.69, 9.17) is 16.3 Å². The van der Waals surface area contributed by atoms with Crippen molar-refractivity contribution in [3.8, 4) is 0 Å². The summed E-state index contributed by atoms with van der Waals surface area (Å²) in [6, 6.07) is 4.36. The first-order valence-electron chi connectivity index (χ1n) is 5.37. The summed E-state index contributed by atoms with van der Waals surface area (Å²) in [7, 11) is 0. The molecule has 0 saturated carbocycles. The molecule has 2 nitrogen and oxygen atoms in total. The Hall–Kier alpha value is -0.930. The Morgan fingerprint density at radius 1 is 1.41 bits per heavy atom. The van der Waals surface area contributed by atoms with E-state index in [-0.39, 0.29) is 29.4 Å². The number of carbonyl (C=O) groups excluding carboxylic acids is 1. The quantitative estimate of drug-likeness (QED) is 0.827. The molecule has 0 atom stereocenters. The highest BCUT2D eigenvalue weighted by Gasteiger charge is 2.13. The van der Waals surface area contributed by atoms with E-state index in [0.29, 0.717) is 5.56 Å². The predicted molar refractivity (Wildman–Crippen MR) is 65.8 cm³/mol. The molecule has 94 valence electrons. The molecule has 0 heterocycles. The highest BCUT2D eigenvalue weighted by molar-refractivity contribution is 6.30. The molecule has 0 bridgehead atoms. The Balaban J connectivity index is 2.54. The molecule has 0 unspecified atom stereocenters. The molecule has 1 rings (SSSR count). The second-order valence-electron chi connectivity index (χ2n) is 4.86. The molecule has 17 heavy (non-hydrogen) atoms. The van der Waals surface area contributed by atoms with Crippen molar-refractivity contribution >= 4 is 17.4 Å². The summed E-state index contributed by atoms with van der Waals surface area (Å²) in [6.07, 6.45) is 0.157. The lowest BCUT2D eigenvalue weighted by atomic mass is 10.1. The number of ether oxygens (including phenoxy) is 1. The predicted octanol–water partition coefficient (Wildman–Crippen LogP) is 3.41. The largest absolute Gasteiger partial charge is 0.368 e. The maximum absolute atomic E-state index is 13.1. The second-order valence-corrected chi connectivity index (χ2v) is 5.27. The maximum Gasteiger partial charge on any atom is 0.162 e. The third kappa shape index (κ3) is 5.29. The van der Waals surface area contributed by atoms with Crippen molar-refractivity contribution in [3.63, 3.8) is 0 Å². The average Bonchev–Trinajstić information content (AvgIpc) is 2.20. The summed E-state index contributed by atoms with van der Waals surface area (Å²) in [5.74, 6) is -0.588. The first-order valence-corrected chi connectivity index (χ1v) is 5.75. The van der Waals surface area contributed by atoms with Gasteiger partial charge >= 0.3 is 0 Å². The SMILES string of the molecule is CC(C)(C)OCC(=O)Cc1ccc(Cl)c(F)c1. The monoisotopic (exact) mass is 258 g/mol. The maximum atomic E-state index is 13.1. The van der Waals surface area contributed by atoms with E-state index in [2.05, 4.69) is 0 Å². The zero-order valence-electron chi connectivity index (χ0n) is 10.2. The standard InChI is InChI=1S/C13H16ClFO2/c1-13(2,3)17-8-10(16)6-9-4-5-11(14)12(15)7-9/h4-5,7H,6,8H2,1-3H3. The Bertz CT molecular complexity index is 410. The van der Waals surface area contributed by atoms with E-state index in [9.17, 15) is 9.18 Å². The Kier molecular flexibility index (Phi) is 4.66. The number of Topliss-reactive ketones (excluding diaryl/α,β-unsaturated/α-hetero) is 1. The van der Waals surface area contributed by atoms with Gasteiger partial charge in [-0.3, -0.25) is 4.79 Å². The summed E-state index contributed by atoms with van der Waals surface area (Å²) in [4.78, 5) is 11.6. The molecular weight excluding hydrogens is 243 g/mol. The van der Waals surface area contributed by atoms with Crippen molar-refractivity contribution in [1.29, 1.82) is 0 Å². The van der Waals surface area contributed by atoms with Crippen LogP contribution in [0, 0.1) is 5.82 Å². The van der Waals surface area contributed by atoms with Gasteiger partial charge in [0, 0.05) is 6.42 Å². The molecule has 0 spiro atoms. The van der Waals surface area contributed by atoms with E-state index in [1.54, 1.807) is 6.07 Å². The highest BCUT2D eigenvalue weighted by Crippen LogP contribution is 2.16. The third-order valence-electron chi connectivity index (χ3n) is 2.05. The van der Waals surface area contributed by atoms with Gasteiger partial charge in [0.1, 0.15) is 12.4 Å². The molecule has 0 radical (unpaired) electrons. The molecular formula is C13H16ClFO2. The summed E-state index contributed by atoms with van der Waals surface area (Å²) in [5, 5.41) is 0.0622. The van der Waals surface area contributed by atoms with E-state index in [1.807, 2.05) is 20.8 Å². The smallest absolute Gasteiger partial charge is 0.162 e. The lowest BCUT2D eigenvalue weighted by Gasteiger charge is -2.18. The van der Waals surface area contributed by atoms with Gasteiger partial charge in [0.2, 0.25) is 0 Å². The topological polar surface area (TPSA) is 26.3 Å². The van der Waals surface area contributed by atoms with Gasteiger partial charge in [0.05, 0.1) is 10.6 Å². The van der Waals surface area contributed by atoms with Gasteiger partial charge in [0.15, 0.2) is 5.78 Å². The van der Waals surface area contributed by atoms with Crippen molar-refractivity contribution in [2.45, 2.75) is 32.8 Å². The Morgan fingerprint density at radius 3 is 2.59 bits per heavy atom. The van der Waals surface area contributed by atoms with Crippen LogP contribution in [0.4, 0.5) is 4.39 Å². The first kappa shape index (κ1) is 14.1. The summed E-state index contributed by atoms with van der Waals surface area (Å²) >= 11 is 5.55. The van der Waals surface area contributed by atoms with Gasteiger partial charge in [-0.1, -0.05) is 17.7 Å². The van der Waals surface area contributed by atoms with E-state index < -0.39 is 5.82 Å². The van der Waals surface area contributed by atoms with Crippen molar-refractivity contribution in [3.05, 3.63) is 34.6 Å². The number of hydrogen-bond acceptors (Lipinski definition) is 2. The molecule has 0 aliphatic carbocycles. The second kappa shape index (κ2) is 5.61. The van der Waals surface area contributed by atoms with E-state index in [0.717, 1.165) is 0 Å². The summed E-state index contributed by atoms with van der Waals surface area (Å²) in [6.45, 7) is 5.67. The third-order valence-corrected chi connectivity index (χ3v) is 2.36. The molecule has 0 aromatic heterocycles. The van der Waals surface area contributed by atoms with Crippen molar-refractivity contribution in [2.24, 2.45) is 0 Å². The van der Waals surface area contributed by atoms with E-state index >= 15 is 0 Å². The van der Waals surface area contributed by atoms with E-state index in [1.165, 1.54) is 12.1 Å². The van der Waals surface area contributed by atoms with Crippen LogP contribution in [0.1, 0.15) is 26.3 Å². The van der Waals surface area contributed by atoms with Gasteiger partial charge in [-0.05, 0) is 38.5 Å². The fraction of sp³-hybridized carbons (Fsp3) is 0.462. The van der Waals surface area contributed by atoms with Crippen LogP contribution in [0.5, 0.6) is 0 Å². The molecule has 0 amide bonds. The molecule has 1 aromatic rings. The lowest BCUT2D eigenvalue weighted by Crippen LogP contribution is -2.24. The number of carbonyl (C=O) groups is 1. The van der Waals surface area contributed by atoms with Crippen molar-refractivity contribution in [1.82, 2.24) is 0 Å².